The predicted molar refractivity (Wildman–Crippen MR) is 120 cm³/mol. The lowest BCUT2D eigenvalue weighted by Gasteiger charge is -2.57. The van der Waals surface area contributed by atoms with Crippen LogP contribution in [-0.4, -0.2) is 53.9 Å². The highest BCUT2D eigenvalue weighted by Crippen LogP contribution is 2.43. The van der Waals surface area contributed by atoms with Crippen LogP contribution in [0.15, 0.2) is 48.7 Å². The second kappa shape index (κ2) is 8.33. The summed E-state index contributed by atoms with van der Waals surface area (Å²) >= 11 is 0. The first kappa shape index (κ1) is 20.0. The molecule has 162 valence electrons. The van der Waals surface area contributed by atoms with Crippen molar-refractivity contribution in [2.45, 2.75) is 44.2 Å². The molecule has 3 aliphatic heterocycles. The van der Waals surface area contributed by atoms with Gasteiger partial charge in [0.2, 0.25) is 5.91 Å². The van der Waals surface area contributed by atoms with Crippen LogP contribution in [0.1, 0.15) is 41.6 Å². The minimum absolute atomic E-state index is 0.0909. The first-order chi connectivity index (χ1) is 15.1. The Balaban J connectivity index is 1.45. The Kier molecular flexibility index (Phi) is 5.38. The maximum Gasteiger partial charge on any atom is 0.251 e. The van der Waals surface area contributed by atoms with Gasteiger partial charge in [0.1, 0.15) is 5.82 Å². The van der Waals surface area contributed by atoms with Crippen molar-refractivity contribution in [1.82, 2.24) is 15.2 Å². The average molecular weight is 419 g/mol. The zero-order chi connectivity index (χ0) is 21.4. The number of aromatic nitrogens is 1. The Bertz CT molecular complexity index is 963. The number of hydrogen-bond acceptors (Lipinski definition) is 4. The van der Waals surface area contributed by atoms with Crippen LogP contribution in [0.3, 0.4) is 0 Å². The van der Waals surface area contributed by atoms with Crippen molar-refractivity contribution in [3.63, 3.8) is 0 Å². The van der Waals surface area contributed by atoms with Gasteiger partial charge in [-0.05, 0) is 55.2 Å². The molecule has 1 aromatic heterocycles. The van der Waals surface area contributed by atoms with Gasteiger partial charge in [0, 0.05) is 50.4 Å². The number of piperidine rings is 3. The summed E-state index contributed by atoms with van der Waals surface area (Å²) in [5.74, 6) is 1.97. The average Bonchev–Trinajstić information content (AvgIpc) is 2.82. The molecule has 2 aromatic rings. The topological polar surface area (TPSA) is 65.5 Å². The summed E-state index contributed by atoms with van der Waals surface area (Å²) in [6.07, 6.45) is 6.55. The van der Waals surface area contributed by atoms with Gasteiger partial charge >= 0.3 is 0 Å². The number of anilines is 1. The minimum Gasteiger partial charge on any atom is -0.356 e. The van der Waals surface area contributed by atoms with Gasteiger partial charge in [-0.25, -0.2) is 4.98 Å². The number of nitrogens with zero attached hydrogens (tertiary/aromatic N) is 3. The molecule has 4 atom stereocenters. The second-order valence-corrected chi connectivity index (χ2v) is 9.16. The molecule has 1 N–H and O–H groups in total. The molecule has 3 aliphatic rings. The van der Waals surface area contributed by atoms with Crippen molar-refractivity contribution in [3.05, 3.63) is 59.8 Å². The van der Waals surface area contributed by atoms with E-state index in [2.05, 4.69) is 44.4 Å². The smallest absolute Gasteiger partial charge is 0.251 e. The first-order valence-corrected chi connectivity index (χ1v) is 11.4. The van der Waals surface area contributed by atoms with Gasteiger partial charge in [0.25, 0.3) is 5.91 Å². The van der Waals surface area contributed by atoms with Gasteiger partial charge < -0.3 is 15.1 Å². The highest BCUT2D eigenvalue weighted by molar-refractivity contribution is 5.94. The Hall–Kier alpha value is -2.89. The van der Waals surface area contributed by atoms with Crippen LogP contribution in [0.5, 0.6) is 0 Å². The highest BCUT2D eigenvalue weighted by atomic mass is 16.2. The molecule has 0 saturated carbocycles. The molecule has 1 aromatic carbocycles. The zero-order valence-electron chi connectivity index (χ0n) is 18.0. The van der Waals surface area contributed by atoms with E-state index in [1.165, 1.54) is 5.56 Å². The van der Waals surface area contributed by atoms with Crippen LogP contribution in [-0.2, 0) is 11.2 Å². The van der Waals surface area contributed by atoms with Crippen molar-refractivity contribution in [3.8, 4) is 0 Å². The van der Waals surface area contributed by atoms with Crippen molar-refractivity contribution in [1.29, 1.82) is 0 Å². The Morgan fingerprint density at radius 3 is 2.77 bits per heavy atom. The molecule has 0 radical (unpaired) electrons. The van der Waals surface area contributed by atoms with E-state index in [9.17, 15) is 9.59 Å². The Morgan fingerprint density at radius 1 is 1.16 bits per heavy atom. The van der Waals surface area contributed by atoms with E-state index in [1.54, 1.807) is 19.3 Å². The number of benzene rings is 1. The molecule has 31 heavy (non-hydrogen) atoms. The standard InChI is InChI=1S/C25H30N4O2/c1-26-25(31)18-10-11-27-23(14-18)28-15-19-13-20(16-28)22(12-17-6-3-2-4-7-17)29-21(19)8-5-9-24(29)30/h2-4,6-7,10-11,14,19-22H,5,8-9,12-13,15-16H2,1H3,(H,26,31)/t19-,20+,21+,22+/m1/s1. The molecular weight excluding hydrogens is 388 g/mol. The summed E-state index contributed by atoms with van der Waals surface area (Å²) in [5, 5.41) is 2.70. The molecule has 3 fully saturated rings. The largest absolute Gasteiger partial charge is 0.356 e. The quantitative estimate of drug-likeness (QED) is 0.829. The van der Waals surface area contributed by atoms with Crippen molar-refractivity contribution >= 4 is 17.6 Å². The summed E-state index contributed by atoms with van der Waals surface area (Å²) in [5.41, 5.74) is 1.93. The summed E-state index contributed by atoms with van der Waals surface area (Å²) in [4.78, 5) is 34.4. The molecule has 2 amide bonds. The summed E-state index contributed by atoms with van der Waals surface area (Å²) in [6.45, 7) is 1.77. The molecule has 2 bridgehead atoms. The lowest BCUT2D eigenvalue weighted by Crippen LogP contribution is -2.65. The number of hydrogen-bond donors (Lipinski definition) is 1. The van der Waals surface area contributed by atoms with Crippen LogP contribution in [0.2, 0.25) is 0 Å². The molecular formula is C25H30N4O2. The maximum absolute atomic E-state index is 13.0. The monoisotopic (exact) mass is 418 g/mol. The van der Waals surface area contributed by atoms with Gasteiger partial charge in [-0.1, -0.05) is 30.3 Å². The molecule has 4 heterocycles. The molecule has 5 rings (SSSR count). The summed E-state index contributed by atoms with van der Waals surface area (Å²) in [7, 11) is 1.65. The number of carbonyl (C=O) groups excluding carboxylic acids is 2. The predicted octanol–water partition coefficient (Wildman–Crippen LogP) is 2.89. The molecule has 3 saturated heterocycles. The maximum atomic E-state index is 13.0. The van der Waals surface area contributed by atoms with Crippen molar-refractivity contribution in [2.24, 2.45) is 11.8 Å². The van der Waals surface area contributed by atoms with Gasteiger partial charge in [0.05, 0.1) is 0 Å². The molecule has 6 nitrogen and oxygen atoms in total. The van der Waals surface area contributed by atoms with Crippen LogP contribution in [0.25, 0.3) is 0 Å². The molecule has 0 spiro atoms. The minimum atomic E-state index is -0.0909. The van der Waals surface area contributed by atoms with Crippen LogP contribution in [0.4, 0.5) is 5.82 Å². The first-order valence-electron chi connectivity index (χ1n) is 11.4. The van der Waals surface area contributed by atoms with Crippen LogP contribution in [0, 0.1) is 11.8 Å². The molecule has 6 heteroatoms. The van der Waals surface area contributed by atoms with Gasteiger partial charge in [0.15, 0.2) is 0 Å². The van der Waals surface area contributed by atoms with Gasteiger partial charge in [-0.15, -0.1) is 0 Å². The van der Waals surface area contributed by atoms with E-state index in [4.69, 9.17) is 0 Å². The third-order valence-electron chi connectivity index (χ3n) is 7.34. The lowest BCUT2D eigenvalue weighted by atomic mass is 9.70. The number of nitrogens with one attached hydrogen (secondary N) is 1. The molecule has 0 unspecified atom stereocenters. The summed E-state index contributed by atoms with van der Waals surface area (Å²) in [6, 6.07) is 14.7. The number of amides is 2. The second-order valence-electron chi connectivity index (χ2n) is 9.16. The lowest BCUT2D eigenvalue weighted by molar-refractivity contribution is -0.148. The fourth-order valence-electron chi connectivity index (χ4n) is 5.96. The van der Waals surface area contributed by atoms with E-state index < -0.39 is 0 Å². The Labute approximate surface area is 183 Å². The van der Waals surface area contributed by atoms with Crippen LogP contribution >= 0.6 is 0 Å². The Morgan fingerprint density at radius 2 is 1.97 bits per heavy atom. The van der Waals surface area contributed by atoms with Crippen LogP contribution < -0.4 is 10.2 Å². The number of rotatable bonds is 4. The SMILES string of the molecule is CNC(=O)c1ccnc(N2C[C@H]3C[C@@H](C2)[C@H](Cc2ccccc2)N2C(=O)CCC[C@@H]32)c1. The number of fused-ring (bicyclic) bond motifs is 4. The van der Waals surface area contributed by atoms with Crippen molar-refractivity contribution < 1.29 is 9.59 Å². The van der Waals surface area contributed by atoms with E-state index in [-0.39, 0.29) is 11.9 Å². The fourth-order valence-corrected chi connectivity index (χ4v) is 5.96. The number of pyridine rings is 1. The normalized spacial score (nSPS) is 27.6. The third-order valence-corrected chi connectivity index (χ3v) is 7.34. The third kappa shape index (κ3) is 3.80. The summed E-state index contributed by atoms with van der Waals surface area (Å²) < 4.78 is 0. The fraction of sp³-hybridized carbons (Fsp3) is 0.480. The highest BCUT2D eigenvalue weighted by Gasteiger charge is 2.49. The zero-order valence-corrected chi connectivity index (χ0v) is 18.0. The van der Waals surface area contributed by atoms with Gasteiger partial charge in [-0.3, -0.25) is 9.59 Å². The van der Waals surface area contributed by atoms with E-state index in [0.29, 0.717) is 35.8 Å². The van der Waals surface area contributed by atoms with E-state index >= 15 is 0 Å². The molecule has 0 aliphatic carbocycles. The van der Waals surface area contributed by atoms with Gasteiger partial charge in [-0.2, -0.15) is 0 Å². The van der Waals surface area contributed by atoms with E-state index in [0.717, 1.165) is 44.6 Å². The van der Waals surface area contributed by atoms with E-state index in [1.807, 2.05) is 12.1 Å². The van der Waals surface area contributed by atoms with Crippen molar-refractivity contribution in [2.75, 3.05) is 25.0 Å². The number of carbonyl (C=O) groups is 2.